The number of hydrogen-bond donors (Lipinski definition) is 1. The summed E-state index contributed by atoms with van der Waals surface area (Å²) in [6.45, 7) is 3.93. The molecule has 0 atom stereocenters. The van der Waals surface area contributed by atoms with Crippen molar-refractivity contribution in [2.75, 3.05) is 43.9 Å². The molecule has 0 aliphatic carbocycles. The molecule has 0 amide bonds. The molecule has 1 aromatic carbocycles. The lowest BCUT2D eigenvalue weighted by atomic mass is 10.2. The van der Waals surface area contributed by atoms with Gasteiger partial charge in [-0.1, -0.05) is 22.8 Å². The van der Waals surface area contributed by atoms with Gasteiger partial charge in [0.15, 0.2) is 0 Å². The summed E-state index contributed by atoms with van der Waals surface area (Å²) in [6, 6.07) is 7.73. The second-order valence-electron chi connectivity index (χ2n) is 5.50. The van der Waals surface area contributed by atoms with Gasteiger partial charge < -0.3 is 10.1 Å². The molecule has 1 aromatic heterocycles. The molecule has 0 unspecified atom stereocenters. The average molecular weight is 352 g/mol. The fraction of sp³-hybridized carbons (Fsp3) is 0.500. The van der Waals surface area contributed by atoms with E-state index in [0.29, 0.717) is 32.3 Å². The third kappa shape index (κ3) is 3.89. The Hall–Kier alpha value is -2.04. The Morgan fingerprint density at radius 3 is 2.62 bits per heavy atom. The number of ether oxygens (including phenoxy) is 1. The quantitative estimate of drug-likeness (QED) is 0.783. The van der Waals surface area contributed by atoms with E-state index in [1.54, 1.807) is 4.68 Å². The summed E-state index contributed by atoms with van der Waals surface area (Å²) in [4.78, 5) is 0. The zero-order valence-electron chi connectivity index (χ0n) is 13.4. The number of morpholine rings is 1. The van der Waals surface area contributed by atoms with Crippen LogP contribution in [0.1, 0.15) is 5.56 Å². The van der Waals surface area contributed by atoms with Crippen LogP contribution in [-0.4, -0.2) is 71.5 Å². The molecule has 1 aliphatic heterocycles. The van der Waals surface area contributed by atoms with Crippen LogP contribution in [0.4, 0.5) is 5.95 Å². The topological polar surface area (TPSA) is 102 Å². The fourth-order valence-corrected chi connectivity index (χ4v) is 3.73. The van der Waals surface area contributed by atoms with Crippen LogP contribution in [0.25, 0.3) is 5.69 Å². The number of tetrazole rings is 1. The molecular formula is C14H20N6O3S. The third-order valence-electron chi connectivity index (χ3n) is 3.75. The standard InChI is InChI=1S/C14H20N6O3S/c1-12-2-4-13(5-3-12)20-14(16-17-18-20)15-6-11-24(21,22)19-7-9-23-10-8-19/h2-5H,6-11H2,1H3,(H,15,16,18). The number of nitrogens with zero attached hydrogens (tertiary/aromatic N) is 5. The molecule has 0 bridgehead atoms. The zero-order chi connectivity index (χ0) is 17.0. The number of rotatable bonds is 6. The van der Waals surface area contributed by atoms with Crippen molar-refractivity contribution in [3.05, 3.63) is 29.8 Å². The average Bonchev–Trinajstić information content (AvgIpc) is 3.05. The summed E-state index contributed by atoms with van der Waals surface area (Å²) in [5, 5.41) is 14.5. The van der Waals surface area contributed by atoms with Crippen molar-refractivity contribution in [2.24, 2.45) is 0 Å². The largest absolute Gasteiger partial charge is 0.379 e. The van der Waals surface area contributed by atoms with Crippen molar-refractivity contribution in [3.8, 4) is 5.69 Å². The van der Waals surface area contributed by atoms with E-state index in [1.807, 2.05) is 31.2 Å². The van der Waals surface area contributed by atoms with Gasteiger partial charge in [-0.25, -0.2) is 8.42 Å². The Bertz CT molecular complexity index is 768. The van der Waals surface area contributed by atoms with Crippen molar-refractivity contribution >= 4 is 16.0 Å². The summed E-state index contributed by atoms with van der Waals surface area (Å²) < 4.78 is 32.7. The number of nitrogens with one attached hydrogen (secondary N) is 1. The van der Waals surface area contributed by atoms with Crippen molar-refractivity contribution < 1.29 is 13.2 Å². The molecule has 1 saturated heterocycles. The van der Waals surface area contributed by atoms with Crippen molar-refractivity contribution in [1.82, 2.24) is 24.5 Å². The minimum atomic E-state index is -3.31. The first-order valence-corrected chi connectivity index (χ1v) is 9.32. The Balaban J connectivity index is 1.61. The van der Waals surface area contributed by atoms with E-state index >= 15 is 0 Å². The maximum absolute atomic E-state index is 12.3. The van der Waals surface area contributed by atoms with Crippen LogP contribution in [0.3, 0.4) is 0 Å². The van der Waals surface area contributed by atoms with E-state index in [1.165, 1.54) is 4.31 Å². The zero-order valence-corrected chi connectivity index (χ0v) is 14.2. The van der Waals surface area contributed by atoms with E-state index in [2.05, 4.69) is 20.8 Å². The molecule has 0 radical (unpaired) electrons. The highest BCUT2D eigenvalue weighted by atomic mass is 32.2. The fourth-order valence-electron chi connectivity index (χ4n) is 2.40. The van der Waals surface area contributed by atoms with E-state index in [9.17, 15) is 8.42 Å². The number of anilines is 1. The highest BCUT2D eigenvalue weighted by molar-refractivity contribution is 7.89. The first-order valence-electron chi connectivity index (χ1n) is 7.71. The predicted molar refractivity (Wildman–Crippen MR) is 88.6 cm³/mol. The summed E-state index contributed by atoms with van der Waals surface area (Å²) >= 11 is 0. The normalized spacial score (nSPS) is 16.2. The molecule has 9 nitrogen and oxygen atoms in total. The van der Waals surface area contributed by atoms with Gasteiger partial charge in [-0.05, 0) is 29.5 Å². The van der Waals surface area contributed by atoms with E-state index < -0.39 is 10.0 Å². The van der Waals surface area contributed by atoms with Crippen LogP contribution in [0.5, 0.6) is 0 Å². The Kier molecular flexibility index (Phi) is 5.07. The maximum Gasteiger partial charge on any atom is 0.247 e. The third-order valence-corrected chi connectivity index (χ3v) is 5.63. The molecule has 2 heterocycles. The number of hydrogen-bond acceptors (Lipinski definition) is 7. The van der Waals surface area contributed by atoms with Crippen LogP contribution >= 0.6 is 0 Å². The predicted octanol–water partition coefficient (Wildman–Crippen LogP) is 0.0446. The lowest BCUT2D eigenvalue weighted by Crippen LogP contribution is -2.42. The van der Waals surface area contributed by atoms with Gasteiger partial charge in [0.2, 0.25) is 16.0 Å². The summed E-state index contributed by atoms with van der Waals surface area (Å²) in [6.07, 6.45) is 0. The summed E-state index contributed by atoms with van der Waals surface area (Å²) in [5.41, 5.74) is 1.95. The van der Waals surface area contributed by atoms with Gasteiger partial charge in [0.1, 0.15) is 0 Å². The number of aromatic nitrogens is 4. The molecule has 10 heteroatoms. The van der Waals surface area contributed by atoms with Crippen LogP contribution < -0.4 is 5.32 Å². The lowest BCUT2D eigenvalue weighted by molar-refractivity contribution is 0.0731. The maximum atomic E-state index is 12.3. The number of benzene rings is 1. The Morgan fingerprint density at radius 1 is 1.21 bits per heavy atom. The second kappa shape index (κ2) is 7.24. The minimum absolute atomic E-state index is 0.0201. The summed E-state index contributed by atoms with van der Waals surface area (Å²) in [5.74, 6) is 0.393. The van der Waals surface area contributed by atoms with E-state index in [-0.39, 0.29) is 12.3 Å². The minimum Gasteiger partial charge on any atom is -0.379 e. The van der Waals surface area contributed by atoms with E-state index in [4.69, 9.17) is 4.74 Å². The monoisotopic (exact) mass is 352 g/mol. The Morgan fingerprint density at radius 2 is 1.92 bits per heavy atom. The van der Waals surface area contributed by atoms with Gasteiger partial charge >= 0.3 is 0 Å². The molecule has 1 aliphatic rings. The number of aryl methyl sites for hydroxylation is 1. The van der Waals surface area contributed by atoms with Gasteiger partial charge in [0.05, 0.1) is 24.7 Å². The van der Waals surface area contributed by atoms with Gasteiger partial charge in [-0.15, -0.1) is 0 Å². The second-order valence-corrected chi connectivity index (χ2v) is 7.59. The molecule has 0 spiro atoms. The van der Waals surface area contributed by atoms with Crippen LogP contribution in [-0.2, 0) is 14.8 Å². The van der Waals surface area contributed by atoms with Crippen LogP contribution in [0, 0.1) is 6.92 Å². The molecular weight excluding hydrogens is 332 g/mol. The molecule has 0 saturated carbocycles. The van der Waals surface area contributed by atoms with Crippen molar-refractivity contribution in [1.29, 1.82) is 0 Å². The highest BCUT2D eigenvalue weighted by Gasteiger charge is 2.24. The molecule has 2 aromatic rings. The van der Waals surface area contributed by atoms with E-state index in [0.717, 1.165) is 11.3 Å². The van der Waals surface area contributed by atoms with Crippen molar-refractivity contribution in [2.45, 2.75) is 6.92 Å². The molecule has 1 N–H and O–H groups in total. The van der Waals surface area contributed by atoms with Crippen molar-refractivity contribution in [3.63, 3.8) is 0 Å². The molecule has 3 rings (SSSR count). The first kappa shape index (κ1) is 16.8. The Labute approximate surface area is 140 Å². The molecule has 130 valence electrons. The smallest absolute Gasteiger partial charge is 0.247 e. The highest BCUT2D eigenvalue weighted by Crippen LogP contribution is 2.12. The van der Waals surface area contributed by atoms with Crippen LogP contribution in [0.2, 0.25) is 0 Å². The van der Waals surface area contributed by atoms with Gasteiger partial charge in [-0.3, -0.25) is 0 Å². The van der Waals surface area contributed by atoms with Gasteiger partial charge in [-0.2, -0.15) is 8.99 Å². The first-order chi connectivity index (χ1) is 11.6. The molecule has 1 fully saturated rings. The van der Waals surface area contributed by atoms with Gasteiger partial charge in [0, 0.05) is 19.6 Å². The summed E-state index contributed by atoms with van der Waals surface area (Å²) in [7, 11) is -3.31. The SMILES string of the molecule is Cc1ccc(-n2nnnc2NCCS(=O)(=O)N2CCOCC2)cc1. The number of sulfonamides is 1. The van der Waals surface area contributed by atoms with Crippen LogP contribution in [0.15, 0.2) is 24.3 Å². The van der Waals surface area contributed by atoms with Gasteiger partial charge in [0.25, 0.3) is 0 Å². The lowest BCUT2D eigenvalue weighted by Gasteiger charge is -2.26. The molecule has 24 heavy (non-hydrogen) atoms.